The standard InChI is InChI=1S/C16H25N3O4S/c1-13-9-14(2)12-18(11-13)8-4-7-17-24(22,23)16-6-3-5-15(10-16)19(20)21/h3,5-6,10,13-14,17H,4,7-9,11-12H2,1-2H3/t13-,14-/m1/s1. The van der Waals surface area contributed by atoms with Gasteiger partial charge in [-0.25, -0.2) is 13.1 Å². The molecule has 0 unspecified atom stereocenters. The Morgan fingerprint density at radius 2 is 1.96 bits per heavy atom. The third-order valence-electron chi connectivity index (χ3n) is 4.23. The minimum absolute atomic E-state index is 0.0723. The molecule has 1 fully saturated rings. The van der Waals surface area contributed by atoms with E-state index in [1.165, 1.54) is 24.6 Å². The lowest BCUT2D eigenvalue weighted by Crippen LogP contribution is -2.40. The molecule has 0 amide bonds. The van der Waals surface area contributed by atoms with E-state index in [1.54, 1.807) is 0 Å². The second-order valence-corrected chi connectivity index (χ2v) is 8.48. The summed E-state index contributed by atoms with van der Waals surface area (Å²) in [5, 5.41) is 10.8. The molecular formula is C16H25N3O4S. The highest BCUT2D eigenvalue weighted by molar-refractivity contribution is 7.89. The number of piperidine rings is 1. The molecule has 1 N–H and O–H groups in total. The molecule has 0 aliphatic carbocycles. The molecule has 0 bridgehead atoms. The highest BCUT2D eigenvalue weighted by Crippen LogP contribution is 2.21. The third kappa shape index (κ3) is 5.25. The Morgan fingerprint density at radius 1 is 1.29 bits per heavy atom. The number of hydrogen-bond acceptors (Lipinski definition) is 5. The predicted molar refractivity (Wildman–Crippen MR) is 92.3 cm³/mol. The van der Waals surface area contributed by atoms with Gasteiger partial charge in [0.2, 0.25) is 10.0 Å². The van der Waals surface area contributed by atoms with Gasteiger partial charge in [-0.15, -0.1) is 0 Å². The molecule has 1 aliphatic heterocycles. The van der Waals surface area contributed by atoms with Gasteiger partial charge in [0.15, 0.2) is 0 Å². The Kier molecular flexibility index (Phi) is 6.31. The number of benzene rings is 1. The SMILES string of the molecule is C[C@@H]1C[C@@H](C)CN(CCCNS(=O)(=O)c2cccc([N+](=O)[O-])c2)C1. The van der Waals surface area contributed by atoms with E-state index in [0.29, 0.717) is 24.8 Å². The highest BCUT2D eigenvalue weighted by atomic mass is 32.2. The van der Waals surface area contributed by atoms with Gasteiger partial charge in [-0.2, -0.15) is 0 Å². The van der Waals surface area contributed by atoms with Crippen LogP contribution in [0, 0.1) is 22.0 Å². The van der Waals surface area contributed by atoms with Crippen molar-refractivity contribution in [3.63, 3.8) is 0 Å². The topological polar surface area (TPSA) is 92.6 Å². The molecule has 24 heavy (non-hydrogen) atoms. The Balaban J connectivity index is 1.85. The summed E-state index contributed by atoms with van der Waals surface area (Å²) in [6, 6.07) is 5.10. The smallest absolute Gasteiger partial charge is 0.270 e. The molecule has 2 atom stereocenters. The first-order valence-electron chi connectivity index (χ1n) is 8.24. The molecule has 1 aromatic rings. The number of likely N-dealkylation sites (tertiary alicyclic amines) is 1. The van der Waals surface area contributed by atoms with Gasteiger partial charge in [0.1, 0.15) is 0 Å². The van der Waals surface area contributed by atoms with Gasteiger partial charge < -0.3 is 4.90 Å². The fraction of sp³-hybridized carbons (Fsp3) is 0.625. The number of non-ortho nitro benzene ring substituents is 1. The maximum atomic E-state index is 12.2. The van der Waals surface area contributed by atoms with E-state index in [0.717, 1.165) is 25.7 Å². The van der Waals surface area contributed by atoms with Crippen LogP contribution in [0.2, 0.25) is 0 Å². The summed E-state index contributed by atoms with van der Waals surface area (Å²) >= 11 is 0. The summed E-state index contributed by atoms with van der Waals surface area (Å²) in [6.07, 6.45) is 1.96. The zero-order chi connectivity index (χ0) is 17.7. The van der Waals surface area contributed by atoms with Crippen LogP contribution >= 0.6 is 0 Å². The summed E-state index contributed by atoms with van der Waals surface area (Å²) in [5.74, 6) is 1.35. The van der Waals surface area contributed by atoms with Crippen LogP contribution in [0.25, 0.3) is 0 Å². The quantitative estimate of drug-likeness (QED) is 0.460. The minimum Gasteiger partial charge on any atom is -0.303 e. The van der Waals surface area contributed by atoms with Crippen molar-refractivity contribution in [2.75, 3.05) is 26.2 Å². The van der Waals surface area contributed by atoms with E-state index in [1.807, 2.05) is 0 Å². The second-order valence-electron chi connectivity index (χ2n) is 6.71. The molecule has 1 heterocycles. The van der Waals surface area contributed by atoms with Crippen LogP contribution in [-0.2, 0) is 10.0 Å². The van der Waals surface area contributed by atoms with Gasteiger partial charge in [0, 0.05) is 31.8 Å². The van der Waals surface area contributed by atoms with Gasteiger partial charge in [0.25, 0.3) is 5.69 Å². The lowest BCUT2D eigenvalue weighted by Gasteiger charge is -2.34. The first kappa shape index (κ1) is 18.8. The Hall–Kier alpha value is -1.51. The van der Waals surface area contributed by atoms with Crippen LogP contribution in [-0.4, -0.2) is 44.4 Å². The maximum absolute atomic E-state index is 12.2. The third-order valence-corrected chi connectivity index (χ3v) is 5.69. The lowest BCUT2D eigenvalue weighted by atomic mass is 9.92. The number of nitro benzene ring substituents is 1. The Labute approximate surface area is 143 Å². The van der Waals surface area contributed by atoms with Gasteiger partial charge in [0.05, 0.1) is 9.82 Å². The van der Waals surface area contributed by atoms with Crippen LogP contribution in [0.1, 0.15) is 26.7 Å². The molecule has 2 rings (SSSR count). The normalized spacial score (nSPS) is 22.4. The molecule has 1 aliphatic rings. The van der Waals surface area contributed by atoms with Gasteiger partial charge >= 0.3 is 0 Å². The molecule has 7 nitrogen and oxygen atoms in total. The summed E-state index contributed by atoms with van der Waals surface area (Å²) < 4.78 is 27.0. The van der Waals surface area contributed by atoms with Gasteiger partial charge in [-0.05, 0) is 37.3 Å². The molecule has 0 saturated carbocycles. The van der Waals surface area contributed by atoms with Crippen LogP contribution in [0.5, 0.6) is 0 Å². The Bertz CT molecular complexity index is 668. The van der Waals surface area contributed by atoms with Gasteiger partial charge in [-0.1, -0.05) is 19.9 Å². The summed E-state index contributed by atoms with van der Waals surface area (Å²) in [7, 11) is -3.71. The fourth-order valence-corrected chi connectivity index (χ4v) is 4.44. The largest absolute Gasteiger partial charge is 0.303 e. The zero-order valence-corrected chi connectivity index (χ0v) is 15.0. The average molecular weight is 355 g/mol. The van der Waals surface area contributed by atoms with Crippen molar-refractivity contribution >= 4 is 15.7 Å². The number of nitro groups is 1. The molecule has 0 aromatic heterocycles. The summed E-state index contributed by atoms with van der Waals surface area (Å²) in [4.78, 5) is 12.5. The molecule has 0 radical (unpaired) electrons. The fourth-order valence-electron chi connectivity index (χ4n) is 3.33. The van der Waals surface area contributed by atoms with E-state index in [2.05, 4.69) is 23.5 Å². The second kappa shape index (κ2) is 8.04. The monoisotopic (exact) mass is 355 g/mol. The average Bonchev–Trinajstić information content (AvgIpc) is 2.51. The van der Waals surface area contributed by atoms with Crippen molar-refractivity contribution in [2.45, 2.75) is 31.6 Å². The summed E-state index contributed by atoms with van der Waals surface area (Å²) in [5.41, 5.74) is -0.228. The van der Waals surface area contributed by atoms with Gasteiger partial charge in [-0.3, -0.25) is 10.1 Å². The van der Waals surface area contributed by atoms with Crippen molar-refractivity contribution in [2.24, 2.45) is 11.8 Å². The first-order chi connectivity index (χ1) is 11.3. The number of rotatable bonds is 7. The molecular weight excluding hydrogens is 330 g/mol. The number of sulfonamides is 1. The van der Waals surface area contributed by atoms with Crippen LogP contribution in [0.4, 0.5) is 5.69 Å². The van der Waals surface area contributed by atoms with Crippen molar-refractivity contribution < 1.29 is 13.3 Å². The zero-order valence-electron chi connectivity index (χ0n) is 14.1. The summed E-state index contributed by atoms with van der Waals surface area (Å²) in [6.45, 7) is 7.78. The van der Waals surface area contributed by atoms with Crippen molar-refractivity contribution in [3.05, 3.63) is 34.4 Å². The number of hydrogen-bond donors (Lipinski definition) is 1. The molecule has 1 aromatic carbocycles. The molecule has 8 heteroatoms. The number of nitrogens with zero attached hydrogens (tertiary/aromatic N) is 2. The maximum Gasteiger partial charge on any atom is 0.270 e. The van der Waals surface area contributed by atoms with Crippen molar-refractivity contribution in [1.82, 2.24) is 9.62 Å². The van der Waals surface area contributed by atoms with E-state index >= 15 is 0 Å². The van der Waals surface area contributed by atoms with Crippen molar-refractivity contribution in [3.8, 4) is 0 Å². The molecule has 1 saturated heterocycles. The van der Waals surface area contributed by atoms with E-state index < -0.39 is 14.9 Å². The number of nitrogens with one attached hydrogen (secondary N) is 1. The lowest BCUT2D eigenvalue weighted by molar-refractivity contribution is -0.385. The van der Waals surface area contributed by atoms with E-state index in [9.17, 15) is 18.5 Å². The molecule has 0 spiro atoms. The van der Waals surface area contributed by atoms with Crippen LogP contribution in [0.15, 0.2) is 29.2 Å². The predicted octanol–water partition coefficient (Wildman–Crippen LogP) is 2.24. The van der Waals surface area contributed by atoms with Crippen molar-refractivity contribution in [1.29, 1.82) is 0 Å². The first-order valence-corrected chi connectivity index (χ1v) is 9.72. The molecule has 134 valence electrons. The van der Waals surface area contributed by atoms with E-state index in [4.69, 9.17) is 0 Å². The van der Waals surface area contributed by atoms with E-state index in [-0.39, 0.29) is 10.6 Å². The minimum atomic E-state index is -3.71. The Morgan fingerprint density at radius 3 is 2.58 bits per heavy atom. The highest BCUT2D eigenvalue weighted by Gasteiger charge is 2.21. The van der Waals surface area contributed by atoms with Crippen LogP contribution < -0.4 is 4.72 Å². The van der Waals surface area contributed by atoms with Crippen LogP contribution in [0.3, 0.4) is 0 Å².